The molecule has 7 nitrogen and oxygen atoms in total. The molecule has 0 saturated carbocycles. The number of hydrogen-bond donors (Lipinski definition) is 3. The molecule has 0 aliphatic rings. The lowest BCUT2D eigenvalue weighted by Gasteiger charge is -2.03. The third-order valence-corrected chi connectivity index (χ3v) is 2.94. The maximum Gasteiger partial charge on any atom is 0.336 e. The molecule has 0 spiro atoms. The number of rotatable bonds is 6. The van der Waals surface area contributed by atoms with Crippen LogP contribution in [0.1, 0.15) is 21.5 Å². The number of nitrogens with zero attached hydrogens (tertiary/aromatic N) is 2. The fourth-order valence-corrected chi connectivity index (χ4v) is 1.81. The second-order valence-electron chi connectivity index (χ2n) is 4.44. The van der Waals surface area contributed by atoms with Gasteiger partial charge in [-0.1, -0.05) is 18.2 Å². The van der Waals surface area contributed by atoms with E-state index in [0.29, 0.717) is 16.9 Å². The molecule has 7 heteroatoms. The molecule has 22 heavy (non-hydrogen) atoms. The molecule has 0 amide bonds. The van der Waals surface area contributed by atoms with Crippen LogP contribution < -0.4 is 0 Å². The van der Waals surface area contributed by atoms with Crippen LogP contribution in [0.4, 0.5) is 11.4 Å². The van der Waals surface area contributed by atoms with Crippen LogP contribution in [0.2, 0.25) is 0 Å². The van der Waals surface area contributed by atoms with Crippen molar-refractivity contribution in [2.24, 2.45) is 10.2 Å². The number of azo groups is 1. The predicted molar refractivity (Wildman–Crippen MR) is 77.4 cm³/mol. The van der Waals surface area contributed by atoms with Crippen molar-refractivity contribution in [2.75, 3.05) is 0 Å². The first kappa shape index (κ1) is 15.8. The Balaban J connectivity index is 2.19. The monoisotopic (exact) mass is 302 g/mol. The lowest BCUT2D eigenvalue weighted by atomic mass is 10.1. The van der Waals surface area contributed by atoms with Gasteiger partial charge in [0.15, 0.2) is 0 Å². The van der Waals surface area contributed by atoms with E-state index in [0.717, 1.165) is 5.56 Å². The number of carboxylic acid groups (broad SMARTS) is 1. The first-order chi connectivity index (χ1) is 10.6. The van der Waals surface area contributed by atoms with Crippen LogP contribution in [0.5, 0.6) is 0 Å². The molecule has 114 valence electrons. The average Bonchev–Trinajstić information content (AvgIpc) is 2.54. The van der Waals surface area contributed by atoms with Gasteiger partial charge in [0.2, 0.25) is 0 Å². The van der Waals surface area contributed by atoms with E-state index in [1.807, 2.05) is 0 Å². The highest BCUT2D eigenvalue weighted by Gasteiger charge is 2.10. The average molecular weight is 302 g/mol. The van der Waals surface area contributed by atoms with Crippen molar-refractivity contribution in [1.82, 2.24) is 0 Å². The minimum absolute atomic E-state index is 0.00519. The molecule has 0 aliphatic carbocycles. The van der Waals surface area contributed by atoms with Crippen LogP contribution >= 0.6 is 0 Å². The SMILES string of the molecule is O=C(O)c1cc(N=Nc2ccc(COO)cc2)ccc1CO. The van der Waals surface area contributed by atoms with Gasteiger partial charge in [0, 0.05) is 0 Å². The van der Waals surface area contributed by atoms with E-state index in [1.54, 1.807) is 30.3 Å². The first-order valence-corrected chi connectivity index (χ1v) is 6.38. The summed E-state index contributed by atoms with van der Waals surface area (Å²) in [6.07, 6.45) is 0. The summed E-state index contributed by atoms with van der Waals surface area (Å²) < 4.78 is 0. The summed E-state index contributed by atoms with van der Waals surface area (Å²) in [5.41, 5.74) is 2.04. The van der Waals surface area contributed by atoms with Crippen molar-refractivity contribution >= 4 is 17.3 Å². The number of carboxylic acids is 1. The first-order valence-electron chi connectivity index (χ1n) is 6.38. The maximum absolute atomic E-state index is 11.1. The largest absolute Gasteiger partial charge is 0.478 e. The van der Waals surface area contributed by atoms with E-state index >= 15 is 0 Å². The van der Waals surface area contributed by atoms with Gasteiger partial charge in [-0.25, -0.2) is 9.68 Å². The van der Waals surface area contributed by atoms with Crippen molar-refractivity contribution in [3.63, 3.8) is 0 Å². The lowest BCUT2D eigenvalue weighted by Crippen LogP contribution is -2.01. The van der Waals surface area contributed by atoms with Crippen molar-refractivity contribution < 1.29 is 25.2 Å². The fourth-order valence-electron chi connectivity index (χ4n) is 1.81. The number of carbonyl (C=O) groups is 1. The molecule has 3 N–H and O–H groups in total. The molecule has 0 fully saturated rings. The Bertz CT molecular complexity index is 683. The Kier molecular flexibility index (Phi) is 5.31. The summed E-state index contributed by atoms with van der Waals surface area (Å²) in [6, 6.07) is 11.3. The molecule has 2 aromatic rings. The highest BCUT2D eigenvalue weighted by atomic mass is 17.1. The summed E-state index contributed by atoms with van der Waals surface area (Å²) in [5, 5.41) is 34.5. The zero-order valence-corrected chi connectivity index (χ0v) is 11.5. The zero-order valence-electron chi connectivity index (χ0n) is 11.5. The van der Waals surface area contributed by atoms with E-state index in [1.165, 1.54) is 12.1 Å². The van der Waals surface area contributed by atoms with Gasteiger partial charge in [0.05, 0.1) is 23.5 Å². The molecule has 0 aliphatic heterocycles. The van der Waals surface area contributed by atoms with Gasteiger partial charge in [0.25, 0.3) is 0 Å². The van der Waals surface area contributed by atoms with E-state index in [-0.39, 0.29) is 18.8 Å². The normalized spacial score (nSPS) is 11.0. The number of benzene rings is 2. The molecule has 0 bridgehead atoms. The van der Waals surface area contributed by atoms with E-state index in [9.17, 15) is 4.79 Å². The topological polar surface area (TPSA) is 112 Å². The van der Waals surface area contributed by atoms with Gasteiger partial charge < -0.3 is 10.2 Å². The summed E-state index contributed by atoms with van der Waals surface area (Å²) in [4.78, 5) is 15.1. The number of aliphatic hydroxyl groups excluding tert-OH is 1. The molecular formula is C15H14N2O5. The second-order valence-corrected chi connectivity index (χ2v) is 4.44. The predicted octanol–water partition coefficient (Wildman–Crippen LogP) is 3.28. The number of aliphatic hydroxyl groups is 1. The molecule has 2 rings (SSSR count). The third kappa shape index (κ3) is 3.95. The standard InChI is InChI=1S/C15H14N2O5/c18-8-11-3-6-13(7-14(11)15(19)20)17-16-12-4-1-10(2-5-12)9-22-21/h1-7,18,21H,8-9H2,(H,19,20). The van der Waals surface area contributed by atoms with Crippen LogP contribution in [0.15, 0.2) is 52.7 Å². The van der Waals surface area contributed by atoms with Crippen LogP contribution in [0, 0.1) is 0 Å². The minimum Gasteiger partial charge on any atom is -0.478 e. The number of aromatic carboxylic acids is 1. The Morgan fingerprint density at radius 2 is 1.68 bits per heavy atom. The molecule has 0 unspecified atom stereocenters. The molecule has 0 saturated heterocycles. The van der Waals surface area contributed by atoms with E-state index in [4.69, 9.17) is 15.5 Å². The van der Waals surface area contributed by atoms with E-state index < -0.39 is 5.97 Å². The fraction of sp³-hybridized carbons (Fsp3) is 0.133. The summed E-state index contributed by atoms with van der Waals surface area (Å²) in [6.45, 7) is -0.268. The smallest absolute Gasteiger partial charge is 0.336 e. The van der Waals surface area contributed by atoms with Crippen LogP contribution in [0.25, 0.3) is 0 Å². The van der Waals surface area contributed by atoms with Crippen molar-refractivity contribution in [3.05, 3.63) is 59.2 Å². The van der Waals surface area contributed by atoms with Gasteiger partial charge in [-0.05, 0) is 35.4 Å². The van der Waals surface area contributed by atoms with Crippen molar-refractivity contribution in [1.29, 1.82) is 0 Å². The third-order valence-electron chi connectivity index (χ3n) is 2.94. The zero-order chi connectivity index (χ0) is 15.9. The Morgan fingerprint density at radius 1 is 1.05 bits per heavy atom. The molecular weight excluding hydrogens is 288 g/mol. The minimum atomic E-state index is -1.13. The van der Waals surface area contributed by atoms with E-state index in [2.05, 4.69) is 15.1 Å². The lowest BCUT2D eigenvalue weighted by molar-refractivity contribution is -0.253. The van der Waals surface area contributed by atoms with Crippen LogP contribution in [-0.4, -0.2) is 21.4 Å². The quantitative estimate of drug-likeness (QED) is 0.430. The summed E-state index contributed by atoms with van der Waals surface area (Å²) in [7, 11) is 0. The molecule has 2 aromatic carbocycles. The Hall–Kier alpha value is -2.61. The van der Waals surface area contributed by atoms with Gasteiger partial charge in [0.1, 0.15) is 6.61 Å². The van der Waals surface area contributed by atoms with Gasteiger partial charge >= 0.3 is 5.97 Å². The summed E-state index contributed by atoms with van der Waals surface area (Å²) in [5.74, 6) is -1.13. The highest BCUT2D eigenvalue weighted by Crippen LogP contribution is 2.22. The van der Waals surface area contributed by atoms with Gasteiger partial charge in [-0.3, -0.25) is 5.26 Å². The molecule has 0 radical (unpaired) electrons. The Morgan fingerprint density at radius 3 is 2.27 bits per heavy atom. The van der Waals surface area contributed by atoms with Crippen LogP contribution in [0.3, 0.4) is 0 Å². The molecule has 0 heterocycles. The maximum atomic E-state index is 11.1. The van der Waals surface area contributed by atoms with Crippen molar-refractivity contribution in [3.8, 4) is 0 Å². The molecule has 0 atom stereocenters. The Labute approximate surface area is 126 Å². The van der Waals surface area contributed by atoms with Crippen molar-refractivity contribution in [2.45, 2.75) is 13.2 Å². The number of hydrogen-bond acceptors (Lipinski definition) is 6. The van der Waals surface area contributed by atoms with Gasteiger partial charge in [-0.15, -0.1) is 0 Å². The van der Waals surface area contributed by atoms with Crippen LogP contribution in [-0.2, 0) is 18.1 Å². The van der Waals surface area contributed by atoms with Gasteiger partial charge in [-0.2, -0.15) is 10.2 Å². The summed E-state index contributed by atoms with van der Waals surface area (Å²) >= 11 is 0. The highest BCUT2D eigenvalue weighted by molar-refractivity contribution is 5.90. The second kappa shape index (κ2) is 7.41. The molecule has 0 aromatic heterocycles.